The normalized spacial score (nSPS) is 19.8. The summed E-state index contributed by atoms with van der Waals surface area (Å²) in [6, 6.07) is 2.41. The van der Waals surface area contributed by atoms with Gasteiger partial charge in [0.25, 0.3) is 0 Å². The van der Waals surface area contributed by atoms with Crippen LogP contribution in [-0.4, -0.2) is 52.3 Å². The number of hydrogen-bond donors (Lipinski definition) is 2. The van der Waals surface area contributed by atoms with Crippen molar-refractivity contribution in [2.24, 2.45) is 0 Å². The van der Waals surface area contributed by atoms with Crippen molar-refractivity contribution in [3.05, 3.63) is 39.3 Å². The minimum Gasteiger partial charge on any atom is -0.394 e. The molecule has 1 atom stereocenters. The highest BCUT2D eigenvalue weighted by Gasteiger charge is 2.41. The van der Waals surface area contributed by atoms with Gasteiger partial charge in [0.2, 0.25) is 5.95 Å². The Hall–Kier alpha value is -1.54. The molecule has 4 rings (SSSR count). The molecule has 0 radical (unpaired) electrons. The number of aliphatic hydroxyl groups excluding tert-OH is 1. The van der Waals surface area contributed by atoms with Crippen LogP contribution in [0.15, 0.2) is 18.5 Å². The summed E-state index contributed by atoms with van der Waals surface area (Å²) in [5, 5.41) is 12.5. The number of nitrogens with zero attached hydrogens (tertiary/aromatic N) is 3. The number of fused-ring (bicyclic) bond motifs is 2. The zero-order valence-corrected chi connectivity index (χ0v) is 18.3. The van der Waals surface area contributed by atoms with Crippen molar-refractivity contribution < 1.29 is 9.84 Å². The molecule has 6 nitrogen and oxygen atoms in total. The molecule has 2 aromatic heterocycles. The minimum absolute atomic E-state index is 0.00449. The summed E-state index contributed by atoms with van der Waals surface area (Å²) in [6.45, 7) is 8.13. The van der Waals surface area contributed by atoms with Crippen LogP contribution in [0.3, 0.4) is 0 Å². The second-order valence-electron chi connectivity index (χ2n) is 8.12. The molecule has 2 aromatic rings. The van der Waals surface area contributed by atoms with Gasteiger partial charge in [-0.3, -0.25) is 4.90 Å². The fourth-order valence-corrected chi connectivity index (χ4v) is 5.54. The van der Waals surface area contributed by atoms with Crippen LogP contribution in [0.25, 0.3) is 0 Å². The first-order valence-corrected chi connectivity index (χ1v) is 11.6. The molecule has 29 heavy (non-hydrogen) atoms. The summed E-state index contributed by atoms with van der Waals surface area (Å²) >= 11 is 1.98. The largest absolute Gasteiger partial charge is 0.394 e. The van der Waals surface area contributed by atoms with Gasteiger partial charge in [-0.05, 0) is 37.3 Å². The third-order valence-electron chi connectivity index (χ3n) is 6.23. The molecule has 0 amide bonds. The number of aryl methyl sites for hydroxylation is 1. The van der Waals surface area contributed by atoms with Gasteiger partial charge in [0.1, 0.15) is 0 Å². The zero-order chi connectivity index (χ0) is 20.3. The lowest BCUT2D eigenvalue weighted by Gasteiger charge is -2.44. The van der Waals surface area contributed by atoms with Gasteiger partial charge in [-0.2, -0.15) is 0 Å². The topological polar surface area (TPSA) is 70.5 Å². The summed E-state index contributed by atoms with van der Waals surface area (Å²) < 4.78 is 6.39. The smallest absolute Gasteiger partial charge is 0.222 e. The second-order valence-corrected chi connectivity index (χ2v) is 9.34. The summed E-state index contributed by atoms with van der Waals surface area (Å²) in [5.41, 5.74) is 2.52. The molecule has 158 valence electrons. The lowest BCUT2D eigenvalue weighted by molar-refractivity contribution is -0.0981. The van der Waals surface area contributed by atoms with E-state index in [-0.39, 0.29) is 18.2 Å². The Morgan fingerprint density at radius 2 is 2.03 bits per heavy atom. The maximum absolute atomic E-state index is 9.31. The number of piperidine rings is 1. The second kappa shape index (κ2) is 9.08. The lowest BCUT2D eigenvalue weighted by Crippen LogP contribution is -2.45. The van der Waals surface area contributed by atoms with Gasteiger partial charge in [0.05, 0.1) is 24.9 Å². The van der Waals surface area contributed by atoms with Gasteiger partial charge in [-0.25, -0.2) is 9.97 Å². The number of aromatic nitrogens is 2. The molecule has 2 N–H and O–H groups in total. The highest BCUT2D eigenvalue weighted by molar-refractivity contribution is 7.12. The average molecular weight is 417 g/mol. The summed E-state index contributed by atoms with van der Waals surface area (Å²) in [4.78, 5) is 14.4. The quantitative estimate of drug-likeness (QED) is 0.721. The minimum atomic E-state index is -0.0717. The standard InChI is InChI=1S/C22H32N4O2S/c1-3-17(15-27)25-21-23-12-16(13-24-21)14-26-8-6-22(7-9-26)19-11-18(4-2)29-20(19)5-10-28-22/h11-13,17,27H,3-10,14-15H2,1-2H3,(H,23,24,25)/t17-/m1/s1. The maximum atomic E-state index is 9.31. The molecule has 1 spiro atoms. The van der Waals surface area contributed by atoms with Gasteiger partial charge in [-0.1, -0.05) is 13.8 Å². The first-order chi connectivity index (χ1) is 14.2. The maximum Gasteiger partial charge on any atom is 0.222 e. The Kier molecular flexibility index (Phi) is 6.49. The average Bonchev–Trinajstić information content (AvgIpc) is 3.20. The zero-order valence-electron chi connectivity index (χ0n) is 17.5. The molecule has 4 heterocycles. The SMILES string of the molecule is CCc1cc2c(s1)CCOC21CCN(Cc2cnc(N[C@H](CC)CO)nc2)CC1. The molecular formula is C22H32N4O2S. The molecule has 0 bridgehead atoms. The van der Waals surface area contributed by atoms with E-state index in [1.807, 2.05) is 30.7 Å². The number of hydrogen-bond acceptors (Lipinski definition) is 7. The van der Waals surface area contributed by atoms with E-state index < -0.39 is 0 Å². The van der Waals surface area contributed by atoms with Crippen molar-refractivity contribution in [3.8, 4) is 0 Å². The molecule has 0 unspecified atom stereocenters. The van der Waals surface area contributed by atoms with E-state index in [0.29, 0.717) is 5.95 Å². The molecule has 0 aromatic carbocycles. The number of rotatable bonds is 7. The number of ether oxygens (including phenoxy) is 1. The number of anilines is 1. The van der Waals surface area contributed by atoms with Crippen LogP contribution in [0.2, 0.25) is 0 Å². The summed E-state index contributed by atoms with van der Waals surface area (Å²) in [7, 11) is 0. The van der Waals surface area contributed by atoms with E-state index >= 15 is 0 Å². The fraction of sp³-hybridized carbons (Fsp3) is 0.636. The summed E-state index contributed by atoms with van der Waals surface area (Å²) in [5.74, 6) is 0.583. The van der Waals surface area contributed by atoms with Crippen LogP contribution in [0.5, 0.6) is 0 Å². The van der Waals surface area contributed by atoms with E-state index in [2.05, 4.69) is 33.2 Å². The lowest BCUT2D eigenvalue weighted by atomic mass is 9.82. The van der Waals surface area contributed by atoms with E-state index in [1.165, 1.54) is 10.4 Å². The van der Waals surface area contributed by atoms with E-state index in [1.54, 1.807) is 4.88 Å². The monoisotopic (exact) mass is 416 g/mol. The van der Waals surface area contributed by atoms with Gasteiger partial charge >= 0.3 is 0 Å². The Labute approximate surface area is 177 Å². The molecule has 7 heteroatoms. The molecule has 2 aliphatic rings. The third-order valence-corrected chi connectivity index (χ3v) is 7.57. The van der Waals surface area contributed by atoms with Gasteiger partial charge in [-0.15, -0.1) is 11.3 Å². The number of likely N-dealkylation sites (tertiary alicyclic amines) is 1. The van der Waals surface area contributed by atoms with Crippen molar-refractivity contribution in [2.75, 3.05) is 31.6 Å². The number of nitrogens with one attached hydrogen (secondary N) is 1. The molecule has 2 aliphatic heterocycles. The Balaban J connectivity index is 1.36. The van der Waals surface area contributed by atoms with Crippen molar-refractivity contribution >= 4 is 17.3 Å². The number of aliphatic hydroxyl groups is 1. The van der Waals surface area contributed by atoms with Crippen LogP contribution in [0.1, 0.15) is 54.0 Å². The van der Waals surface area contributed by atoms with E-state index in [9.17, 15) is 5.11 Å². The van der Waals surface area contributed by atoms with E-state index in [0.717, 1.165) is 63.9 Å². The van der Waals surface area contributed by atoms with Gasteiger partial charge < -0.3 is 15.2 Å². The van der Waals surface area contributed by atoms with Gasteiger partial charge in [0, 0.05) is 53.8 Å². The third kappa shape index (κ3) is 4.48. The molecule has 0 saturated carbocycles. The van der Waals surface area contributed by atoms with Gasteiger partial charge in [0.15, 0.2) is 0 Å². The van der Waals surface area contributed by atoms with Crippen LogP contribution in [0, 0.1) is 0 Å². The Morgan fingerprint density at radius 1 is 1.28 bits per heavy atom. The van der Waals surface area contributed by atoms with Crippen molar-refractivity contribution in [1.29, 1.82) is 0 Å². The van der Waals surface area contributed by atoms with Crippen LogP contribution in [0.4, 0.5) is 5.95 Å². The first kappa shape index (κ1) is 20.7. The summed E-state index contributed by atoms with van der Waals surface area (Å²) in [6.07, 6.45) is 8.91. The van der Waals surface area contributed by atoms with Crippen LogP contribution in [-0.2, 0) is 29.7 Å². The van der Waals surface area contributed by atoms with Crippen LogP contribution < -0.4 is 5.32 Å². The predicted molar refractivity (Wildman–Crippen MR) is 116 cm³/mol. The molecule has 0 aliphatic carbocycles. The van der Waals surface area contributed by atoms with Crippen molar-refractivity contribution in [1.82, 2.24) is 14.9 Å². The van der Waals surface area contributed by atoms with Crippen molar-refractivity contribution in [3.63, 3.8) is 0 Å². The molecule has 1 fully saturated rings. The Morgan fingerprint density at radius 3 is 2.69 bits per heavy atom. The fourth-order valence-electron chi connectivity index (χ4n) is 4.36. The first-order valence-electron chi connectivity index (χ1n) is 10.8. The van der Waals surface area contributed by atoms with Crippen molar-refractivity contribution in [2.45, 2.75) is 64.1 Å². The number of thiophene rings is 1. The highest BCUT2D eigenvalue weighted by atomic mass is 32.1. The highest BCUT2D eigenvalue weighted by Crippen LogP contribution is 2.44. The molecule has 1 saturated heterocycles. The van der Waals surface area contributed by atoms with Crippen LogP contribution >= 0.6 is 11.3 Å². The Bertz CT molecular complexity index is 796. The van der Waals surface area contributed by atoms with E-state index in [4.69, 9.17) is 4.74 Å². The molecular weight excluding hydrogens is 384 g/mol. The predicted octanol–water partition coefficient (Wildman–Crippen LogP) is 3.35.